The zero-order valence-corrected chi connectivity index (χ0v) is 9.17. The van der Waals surface area contributed by atoms with Crippen molar-refractivity contribution in [1.82, 2.24) is 0 Å². The molecule has 17 heavy (non-hydrogen) atoms. The van der Waals surface area contributed by atoms with Gasteiger partial charge in [0.05, 0.1) is 0 Å². The number of hydrogen-bond acceptors (Lipinski definition) is 3. The summed E-state index contributed by atoms with van der Waals surface area (Å²) in [6, 6.07) is 16.9. The average molecular weight is 225 g/mol. The summed E-state index contributed by atoms with van der Waals surface area (Å²) in [5.74, 6) is 0.583. The number of hydrogen-bond donors (Lipinski definition) is 0. The van der Waals surface area contributed by atoms with Gasteiger partial charge in [-0.25, -0.2) is 4.79 Å². The van der Waals surface area contributed by atoms with E-state index in [1.807, 2.05) is 36.4 Å². The minimum Gasteiger partial charge on any atom is -0.487 e. The fraction of sp³-hybridized carbons (Fsp3) is 0.0714. The molecule has 0 aliphatic heterocycles. The molecule has 0 heterocycles. The Morgan fingerprint density at radius 3 is 2.47 bits per heavy atom. The van der Waals surface area contributed by atoms with Crippen LogP contribution in [0.2, 0.25) is 0 Å². The number of para-hydroxylation sites is 2. The molecule has 2 aromatic carbocycles. The van der Waals surface area contributed by atoms with E-state index >= 15 is 0 Å². The molecule has 0 aromatic heterocycles. The third-order valence-electron chi connectivity index (χ3n) is 2.27. The SMILES string of the molecule is O=C=Nc1ccccc1OCc1ccccc1. The van der Waals surface area contributed by atoms with E-state index in [0.717, 1.165) is 5.56 Å². The maximum Gasteiger partial charge on any atom is 0.240 e. The molecule has 0 spiro atoms. The molecule has 3 heteroatoms. The Bertz CT molecular complexity index is 531. The molecule has 2 rings (SSSR count). The second-order valence-electron chi connectivity index (χ2n) is 3.45. The van der Waals surface area contributed by atoms with Gasteiger partial charge in [-0.15, -0.1) is 0 Å². The van der Waals surface area contributed by atoms with Crippen molar-refractivity contribution < 1.29 is 9.53 Å². The maximum atomic E-state index is 10.3. The molecular formula is C14H11NO2. The normalized spacial score (nSPS) is 9.41. The fourth-order valence-electron chi connectivity index (χ4n) is 1.46. The largest absolute Gasteiger partial charge is 0.487 e. The number of nitrogens with zero attached hydrogens (tertiary/aromatic N) is 1. The number of aliphatic imine (C=N–C) groups is 1. The Hall–Kier alpha value is -2.38. The highest BCUT2D eigenvalue weighted by molar-refractivity contribution is 5.57. The van der Waals surface area contributed by atoms with Gasteiger partial charge in [0.25, 0.3) is 0 Å². The van der Waals surface area contributed by atoms with Crippen molar-refractivity contribution in [2.45, 2.75) is 6.61 Å². The fourth-order valence-corrected chi connectivity index (χ4v) is 1.46. The zero-order valence-electron chi connectivity index (χ0n) is 9.17. The van der Waals surface area contributed by atoms with E-state index in [0.29, 0.717) is 18.0 Å². The van der Waals surface area contributed by atoms with E-state index in [4.69, 9.17) is 4.74 Å². The van der Waals surface area contributed by atoms with Crippen LogP contribution in [0, 0.1) is 0 Å². The summed E-state index contributed by atoms with van der Waals surface area (Å²) in [5, 5.41) is 0. The Kier molecular flexibility index (Phi) is 3.68. The standard InChI is InChI=1S/C14H11NO2/c16-11-15-13-8-4-5-9-14(13)17-10-12-6-2-1-3-7-12/h1-9H,10H2. The van der Waals surface area contributed by atoms with Crippen molar-refractivity contribution in [2.75, 3.05) is 0 Å². The van der Waals surface area contributed by atoms with Crippen LogP contribution in [-0.2, 0) is 11.4 Å². The van der Waals surface area contributed by atoms with Gasteiger partial charge in [0, 0.05) is 0 Å². The van der Waals surface area contributed by atoms with Crippen LogP contribution in [0.4, 0.5) is 5.69 Å². The van der Waals surface area contributed by atoms with Gasteiger partial charge in [-0.3, -0.25) is 0 Å². The maximum absolute atomic E-state index is 10.3. The molecule has 0 fully saturated rings. The van der Waals surface area contributed by atoms with Gasteiger partial charge in [-0.2, -0.15) is 4.99 Å². The summed E-state index contributed by atoms with van der Waals surface area (Å²) in [7, 11) is 0. The quantitative estimate of drug-likeness (QED) is 0.592. The van der Waals surface area contributed by atoms with Crippen molar-refractivity contribution >= 4 is 11.8 Å². The minimum absolute atomic E-state index is 0.451. The molecule has 0 radical (unpaired) electrons. The molecule has 3 nitrogen and oxygen atoms in total. The van der Waals surface area contributed by atoms with E-state index in [1.165, 1.54) is 6.08 Å². The summed E-state index contributed by atoms with van der Waals surface area (Å²) >= 11 is 0. The van der Waals surface area contributed by atoms with Crippen LogP contribution in [-0.4, -0.2) is 6.08 Å². The van der Waals surface area contributed by atoms with Crippen molar-refractivity contribution in [2.24, 2.45) is 4.99 Å². The third-order valence-corrected chi connectivity index (χ3v) is 2.27. The predicted octanol–water partition coefficient (Wildman–Crippen LogP) is 3.23. The van der Waals surface area contributed by atoms with Crippen LogP contribution in [0.25, 0.3) is 0 Å². The van der Waals surface area contributed by atoms with E-state index in [-0.39, 0.29) is 0 Å². The van der Waals surface area contributed by atoms with Gasteiger partial charge in [-0.05, 0) is 17.7 Å². The second-order valence-corrected chi connectivity index (χ2v) is 3.45. The summed E-state index contributed by atoms with van der Waals surface area (Å²) in [5.41, 5.74) is 1.57. The first-order chi connectivity index (χ1) is 8.40. The first kappa shape index (κ1) is 11.1. The van der Waals surface area contributed by atoms with Crippen LogP contribution < -0.4 is 4.74 Å². The molecule has 0 atom stereocenters. The van der Waals surface area contributed by atoms with Crippen molar-refractivity contribution in [3.8, 4) is 5.75 Å². The highest BCUT2D eigenvalue weighted by Crippen LogP contribution is 2.26. The lowest BCUT2D eigenvalue weighted by Crippen LogP contribution is -1.94. The van der Waals surface area contributed by atoms with Crippen molar-refractivity contribution in [3.63, 3.8) is 0 Å². The summed E-state index contributed by atoms with van der Waals surface area (Å²) < 4.78 is 5.60. The number of carbonyl (C=O) groups excluding carboxylic acids is 1. The number of isocyanates is 1. The Labute approximate surface area is 99.4 Å². The van der Waals surface area contributed by atoms with Gasteiger partial charge >= 0.3 is 0 Å². The summed E-state index contributed by atoms with van der Waals surface area (Å²) in [4.78, 5) is 13.8. The molecule has 0 unspecified atom stereocenters. The molecule has 0 saturated carbocycles. The molecular weight excluding hydrogens is 214 g/mol. The molecule has 84 valence electrons. The first-order valence-corrected chi connectivity index (χ1v) is 5.24. The topological polar surface area (TPSA) is 38.7 Å². The van der Waals surface area contributed by atoms with E-state index < -0.39 is 0 Å². The second kappa shape index (κ2) is 5.64. The van der Waals surface area contributed by atoms with E-state index in [2.05, 4.69) is 4.99 Å². The van der Waals surface area contributed by atoms with Gasteiger partial charge in [0.1, 0.15) is 18.0 Å². The highest BCUT2D eigenvalue weighted by Gasteiger charge is 2.01. The number of benzene rings is 2. The Balaban J connectivity index is 2.11. The molecule has 0 N–H and O–H groups in total. The van der Waals surface area contributed by atoms with Crippen LogP contribution in [0.15, 0.2) is 59.6 Å². The predicted molar refractivity (Wildman–Crippen MR) is 65.0 cm³/mol. The molecule has 0 aliphatic rings. The minimum atomic E-state index is 0.451. The van der Waals surface area contributed by atoms with Crippen LogP contribution in [0.5, 0.6) is 5.75 Å². The number of rotatable bonds is 4. The average Bonchev–Trinajstić information content (AvgIpc) is 2.39. The van der Waals surface area contributed by atoms with Crippen molar-refractivity contribution in [1.29, 1.82) is 0 Å². The van der Waals surface area contributed by atoms with Gasteiger partial charge in [0.2, 0.25) is 6.08 Å². The van der Waals surface area contributed by atoms with Gasteiger partial charge in [-0.1, -0.05) is 42.5 Å². The van der Waals surface area contributed by atoms with Crippen LogP contribution >= 0.6 is 0 Å². The molecule has 0 bridgehead atoms. The Morgan fingerprint density at radius 1 is 1.00 bits per heavy atom. The van der Waals surface area contributed by atoms with E-state index in [9.17, 15) is 4.79 Å². The van der Waals surface area contributed by atoms with Crippen LogP contribution in [0.3, 0.4) is 0 Å². The molecule has 2 aromatic rings. The Morgan fingerprint density at radius 2 is 1.71 bits per heavy atom. The molecule has 0 saturated heterocycles. The van der Waals surface area contributed by atoms with E-state index in [1.54, 1.807) is 18.2 Å². The smallest absolute Gasteiger partial charge is 0.240 e. The lowest BCUT2D eigenvalue weighted by atomic mass is 10.2. The van der Waals surface area contributed by atoms with Gasteiger partial charge < -0.3 is 4.74 Å². The van der Waals surface area contributed by atoms with Crippen molar-refractivity contribution in [3.05, 3.63) is 60.2 Å². The zero-order chi connectivity index (χ0) is 11.9. The lowest BCUT2D eigenvalue weighted by Gasteiger charge is -2.07. The highest BCUT2D eigenvalue weighted by atomic mass is 16.5. The lowest BCUT2D eigenvalue weighted by molar-refractivity contribution is 0.307. The molecule has 0 amide bonds. The summed E-state index contributed by atoms with van der Waals surface area (Å²) in [6.07, 6.45) is 1.52. The summed E-state index contributed by atoms with van der Waals surface area (Å²) in [6.45, 7) is 0.451. The molecule has 0 aliphatic carbocycles. The van der Waals surface area contributed by atoms with Crippen LogP contribution in [0.1, 0.15) is 5.56 Å². The monoisotopic (exact) mass is 225 g/mol. The third kappa shape index (κ3) is 3.03. The number of ether oxygens (including phenoxy) is 1. The first-order valence-electron chi connectivity index (χ1n) is 5.24. The van der Waals surface area contributed by atoms with Gasteiger partial charge in [0.15, 0.2) is 0 Å².